The molecule has 0 radical (unpaired) electrons. The molecule has 1 aliphatic heterocycles. The molecule has 1 aliphatic rings. The van der Waals surface area contributed by atoms with Crippen molar-refractivity contribution in [2.75, 3.05) is 18.6 Å². The summed E-state index contributed by atoms with van der Waals surface area (Å²) in [7, 11) is 1.64. The van der Waals surface area contributed by atoms with Crippen LogP contribution in [0.15, 0.2) is 51.8 Å². The Bertz CT molecular complexity index is 712. The van der Waals surface area contributed by atoms with Gasteiger partial charge in [0.05, 0.1) is 17.3 Å². The molecule has 0 amide bonds. The van der Waals surface area contributed by atoms with Gasteiger partial charge in [0, 0.05) is 23.0 Å². The fourth-order valence-corrected chi connectivity index (χ4v) is 4.78. The zero-order valence-electron chi connectivity index (χ0n) is 14.5. The second-order valence-electron chi connectivity index (χ2n) is 6.27. The molecule has 2 nitrogen and oxygen atoms in total. The van der Waals surface area contributed by atoms with E-state index in [1.54, 1.807) is 7.11 Å². The summed E-state index contributed by atoms with van der Waals surface area (Å²) in [6.45, 7) is 2.84. The van der Waals surface area contributed by atoms with Gasteiger partial charge in [-0.3, -0.25) is 0 Å². The summed E-state index contributed by atoms with van der Waals surface area (Å²) in [6, 6.07) is 14.2. The van der Waals surface area contributed by atoms with Gasteiger partial charge in [0.15, 0.2) is 5.50 Å². The standard InChI is InChI=1S/C20H23BrFNOS/c1-3-4-8-14-13-23(15-9-6-5-7-10-15)17-11-16(21)18(24-2)12-19(17)25-20(14)22/h5-7,9-12,14,20H,3-4,8,13H2,1-2H3. The fraction of sp³-hybridized carbons (Fsp3) is 0.400. The molecule has 25 heavy (non-hydrogen) atoms. The van der Waals surface area contributed by atoms with E-state index in [1.165, 1.54) is 11.8 Å². The van der Waals surface area contributed by atoms with Crippen LogP contribution in [0.3, 0.4) is 0 Å². The van der Waals surface area contributed by atoms with Crippen molar-refractivity contribution in [2.24, 2.45) is 5.92 Å². The molecule has 0 saturated carbocycles. The Morgan fingerprint density at radius 3 is 2.72 bits per heavy atom. The number of anilines is 2. The third-order valence-corrected chi connectivity index (χ3v) is 6.36. The first-order chi connectivity index (χ1) is 12.1. The van der Waals surface area contributed by atoms with Crippen LogP contribution in [-0.4, -0.2) is 19.2 Å². The molecule has 0 aliphatic carbocycles. The van der Waals surface area contributed by atoms with Gasteiger partial charge in [-0.15, -0.1) is 0 Å². The molecular weight excluding hydrogens is 401 g/mol. The lowest BCUT2D eigenvalue weighted by Gasteiger charge is -2.28. The highest BCUT2D eigenvalue weighted by Gasteiger charge is 2.31. The Morgan fingerprint density at radius 1 is 1.28 bits per heavy atom. The van der Waals surface area contributed by atoms with Crippen molar-refractivity contribution < 1.29 is 9.13 Å². The molecule has 1 heterocycles. The van der Waals surface area contributed by atoms with Gasteiger partial charge in [0.1, 0.15) is 5.75 Å². The number of rotatable bonds is 5. The first-order valence-corrected chi connectivity index (χ1v) is 10.3. The van der Waals surface area contributed by atoms with E-state index in [0.29, 0.717) is 6.54 Å². The number of fused-ring (bicyclic) bond motifs is 1. The second kappa shape index (κ2) is 8.45. The summed E-state index contributed by atoms with van der Waals surface area (Å²) < 4.78 is 21.3. The Hall–Kier alpha value is -1.20. The summed E-state index contributed by atoms with van der Waals surface area (Å²) in [6.07, 6.45) is 3.05. The highest BCUT2D eigenvalue weighted by Crippen LogP contribution is 2.47. The molecule has 0 aromatic heterocycles. The summed E-state index contributed by atoms with van der Waals surface area (Å²) >= 11 is 4.90. The van der Waals surface area contributed by atoms with E-state index in [-0.39, 0.29) is 5.92 Å². The topological polar surface area (TPSA) is 12.5 Å². The maximum atomic E-state index is 15.0. The van der Waals surface area contributed by atoms with E-state index >= 15 is 4.39 Å². The first kappa shape index (κ1) is 18.6. The van der Waals surface area contributed by atoms with Crippen LogP contribution in [0.5, 0.6) is 5.75 Å². The van der Waals surface area contributed by atoms with E-state index in [0.717, 1.165) is 45.8 Å². The van der Waals surface area contributed by atoms with Crippen molar-refractivity contribution in [3.8, 4) is 5.75 Å². The number of thioether (sulfide) groups is 1. The van der Waals surface area contributed by atoms with Gasteiger partial charge >= 0.3 is 0 Å². The molecule has 2 aromatic carbocycles. The van der Waals surface area contributed by atoms with Crippen molar-refractivity contribution in [2.45, 2.75) is 36.6 Å². The monoisotopic (exact) mass is 423 g/mol. The Labute approximate surface area is 161 Å². The number of hydrogen-bond donors (Lipinski definition) is 0. The minimum atomic E-state index is -0.912. The van der Waals surface area contributed by atoms with Crippen molar-refractivity contribution in [1.82, 2.24) is 0 Å². The number of hydrogen-bond acceptors (Lipinski definition) is 3. The molecule has 134 valence electrons. The SMILES string of the molecule is CCCCC1CN(c2ccccc2)c2cc(Br)c(OC)cc2SC1F. The smallest absolute Gasteiger partial charge is 0.154 e. The molecule has 2 aromatic rings. The molecule has 0 saturated heterocycles. The van der Waals surface area contributed by atoms with Crippen molar-refractivity contribution >= 4 is 39.1 Å². The van der Waals surface area contributed by atoms with E-state index in [1.807, 2.05) is 30.3 Å². The normalized spacial score (nSPS) is 20.1. The van der Waals surface area contributed by atoms with Crippen LogP contribution in [0.25, 0.3) is 0 Å². The maximum absolute atomic E-state index is 15.0. The average Bonchev–Trinajstić information content (AvgIpc) is 2.76. The predicted octanol–water partition coefficient (Wildman–Crippen LogP) is 6.80. The van der Waals surface area contributed by atoms with Gasteiger partial charge < -0.3 is 9.64 Å². The van der Waals surface area contributed by atoms with E-state index in [9.17, 15) is 0 Å². The molecular formula is C20H23BrFNOS. The summed E-state index contributed by atoms with van der Waals surface area (Å²) in [5.74, 6) is 0.737. The van der Waals surface area contributed by atoms with Crippen LogP contribution in [-0.2, 0) is 0 Å². The van der Waals surface area contributed by atoms with Crippen molar-refractivity contribution in [3.05, 3.63) is 46.9 Å². The van der Waals surface area contributed by atoms with Crippen LogP contribution >= 0.6 is 27.7 Å². The van der Waals surface area contributed by atoms with Crippen LogP contribution in [0.2, 0.25) is 0 Å². The number of benzene rings is 2. The highest BCUT2D eigenvalue weighted by molar-refractivity contribution is 9.10. The molecule has 2 unspecified atom stereocenters. The molecule has 0 spiro atoms. The number of methoxy groups -OCH3 is 1. The zero-order valence-corrected chi connectivity index (χ0v) is 16.9. The number of nitrogens with zero attached hydrogens (tertiary/aromatic N) is 1. The molecule has 2 atom stereocenters. The largest absolute Gasteiger partial charge is 0.496 e. The number of halogens is 2. The molecule has 3 rings (SSSR count). The van der Waals surface area contributed by atoms with Gasteiger partial charge in [-0.1, -0.05) is 49.7 Å². The average molecular weight is 424 g/mol. The lowest BCUT2D eigenvalue weighted by atomic mass is 10.0. The molecule has 5 heteroatoms. The van der Waals surface area contributed by atoms with Crippen molar-refractivity contribution in [3.63, 3.8) is 0 Å². The second-order valence-corrected chi connectivity index (χ2v) is 8.25. The number of ether oxygens (including phenoxy) is 1. The van der Waals surface area contributed by atoms with Crippen LogP contribution < -0.4 is 9.64 Å². The minimum absolute atomic E-state index is 0.00215. The zero-order chi connectivity index (χ0) is 17.8. The predicted molar refractivity (Wildman–Crippen MR) is 108 cm³/mol. The summed E-state index contributed by atoms with van der Waals surface area (Å²) in [5.41, 5.74) is 1.22. The van der Waals surface area contributed by atoms with Crippen molar-refractivity contribution in [1.29, 1.82) is 0 Å². The lowest BCUT2D eigenvalue weighted by Crippen LogP contribution is -2.27. The third-order valence-electron chi connectivity index (χ3n) is 4.55. The Kier molecular flexibility index (Phi) is 6.29. The van der Waals surface area contributed by atoms with E-state index < -0.39 is 5.50 Å². The van der Waals surface area contributed by atoms with Gasteiger partial charge in [0.25, 0.3) is 0 Å². The van der Waals surface area contributed by atoms with Gasteiger partial charge in [-0.2, -0.15) is 0 Å². The first-order valence-electron chi connectivity index (χ1n) is 8.65. The molecule has 0 fully saturated rings. The van der Waals surface area contributed by atoms with Gasteiger partial charge in [0.2, 0.25) is 0 Å². The highest BCUT2D eigenvalue weighted by atomic mass is 79.9. The lowest BCUT2D eigenvalue weighted by molar-refractivity contribution is 0.310. The number of alkyl halides is 1. The van der Waals surface area contributed by atoms with Crippen LogP contribution in [0.1, 0.15) is 26.2 Å². The quantitative estimate of drug-likeness (QED) is 0.524. The Morgan fingerprint density at radius 2 is 2.04 bits per heavy atom. The van der Waals surface area contributed by atoms with Crippen LogP contribution in [0, 0.1) is 5.92 Å². The maximum Gasteiger partial charge on any atom is 0.154 e. The third kappa shape index (κ3) is 4.14. The van der Waals surface area contributed by atoms with Gasteiger partial charge in [-0.25, -0.2) is 4.39 Å². The molecule has 0 N–H and O–H groups in total. The van der Waals surface area contributed by atoms with Crippen LogP contribution in [0.4, 0.5) is 15.8 Å². The van der Waals surface area contributed by atoms with E-state index in [4.69, 9.17) is 4.74 Å². The summed E-state index contributed by atoms with van der Waals surface area (Å²) in [4.78, 5) is 3.17. The van der Waals surface area contributed by atoms with E-state index in [2.05, 4.69) is 39.9 Å². The molecule has 0 bridgehead atoms. The summed E-state index contributed by atoms with van der Waals surface area (Å²) in [5, 5.41) is 0. The fourth-order valence-electron chi connectivity index (χ4n) is 3.16. The number of para-hydroxylation sites is 1. The number of unbranched alkanes of at least 4 members (excludes halogenated alkanes) is 1. The van der Waals surface area contributed by atoms with Gasteiger partial charge in [-0.05, 0) is 46.6 Å². The minimum Gasteiger partial charge on any atom is -0.496 e. The Balaban J connectivity index is 2.05.